The Hall–Kier alpha value is -1.79. The second-order valence-electron chi connectivity index (χ2n) is 5.54. The van der Waals surface area contributed by atoms with Crippen molar-refractivity contribution >= 4 is 0 Å². The van der Waals surface area contributed by atoms with Crippen LogP contribution in [0.5, 0.6) is 0 Å². The van der Waals surface area contributed by atoms with E-state index in [1.165, 1.54) is 5.69 Å². The first-order valence-electron chi connectivity index (χ1n) is 7.32. The number of aryl methyl sites for hydroxylation is 1. The molecule has 1 fully saturated rings. The van der Waals surface area contributed by atoms with Gasteiger partial charge in [-0.15, -0.1) is 0 Å². The van der Waals surface area contributed by atoms with Crippen LogP contribution >= 0.6 is 0 Å². The van der Waals surface area contributed by atoms with Gasteiger partial charge in [-0.05, 0) is 6.07 Å². The van der Waals surface area contributed by atoms with Gasteiger partial charge in [-0.3, -0.25) is 4.90 Å². The van der Waals surface area contributed by atoms with Gasteiger partial charge in [0.05, 0.1) is 25.2 Å². The molecule has 0 radical (unpaired) electrons. The predicted molar refractivity (Wildman–Crippen MR) is 78.5 cm³/mol. The van der Waals surface area contributed by atoms with Gasteiger partial charge in [0.25, 0.3) is 0 Å². The average molecular weight is 287 g/mol. The van der Waals surface area contributed by atoms with Crippen LogP contribution in [-0.2, 0) is 24.8 Å². The lowest BCUT2D eigenvalue weighted by Crippen LogP contribution is -2.31. The molecule has 1 saturated heterocycles. The first kappa shape index (κ1) is 14.2. The summed E-state index contributed by atoms with van der Waals surface area (Å²) in [5, 5.41) is 0. The molecule has 2 aromatic heterocycles. The van der Waals surface area contributed by atoms with Crippen LogP contribution in [0, 0.1) is 5.92 Å². The molecule has 6 heteroatoms. The SMILES string of the molecule is Cn1cncc1CN1CCOCC(Cc2ncccn2)C1. The normalized spacial score (nSPS) is 20.3. The van der Waals surface area contributed by atoms with Crippen molar-refractivity contribution in [1.29, 1.82) is 0 Å². The van der Waals surface area contributed by atoms with Crippen molar-refractivity contribution in [2.24, 2.45) is 13.0 Å². The Bertz CT molecular complexity index is 556. The van der Waals surface area contributed by atoms with Crippen molar-refractivity contribution in [2.45, 2.75) is 13.0 Å². The summed E-state index contributed by atoms with van der Waals surface area (Å²) >= 11 is 0. The van der Waals surface area contributed by atoms with Crippen molar-refractivity contribution in [3.05, 3.63) is 42.5 Å². The molecule has 0 saturated carbocycles. The zero-order chi connectivity index (χ0) is 14.5. The van der Waals surface area contributed by atoms with Crippen LogP contribution in [0.4, 0.5) is 0 Å². The first-order chi connectivity index (χ1) is 10.3. The van der Waals surface area contributed by atoms with Gasteiger partial charge in [0.15, 0.2) is 0 Å². The third-order valence-electron chi connectivity index (χ3n) is 3.81. The highest BCUT2D eigenvalue weighted by Gasteiger charge is 2.20. The van der Waals surface area contributed by atoms with Crippen LogP contribution < -0.4 is 0 Å². The molecule has 6 nitrogen and oxygen atoms in total. The van der Waals surface area contributed by atoms with Crippen LogP contribution in [0.2, 0.25) is 0 Å². The van der Waals surface area contributed by atoms with E-state index in [1.807, 2.05) is 25.6 Å². The summed E-state index contributed by atoms with van der Waals surface area (Å²) in [7, 11) is 2.03. The zero-order valence-corrected chi connectivity index (χ0v) is 12.4. The Morgan fingerprint density at radius 2 is 2.19 bits per heavy atom. The molecule has 3 rings (SSSR count). The van der Waals surface area contributed by atoms with Crippen molar-refractivity contribution < 1.29 is 4.74 Å². The Morgan fingerprint density at radius 3 is 2.95 bits per heavy atom. The van der Waals surface area contributed by atoms with Crippen molar-refractivity contribution in [3.8, 4) is 0 Å². The molecule has 0 amide bonds. The third-order valence-corrected chi connectivity index (χ3v) is 3.81. The molecule has 0 N–H and O–H groups in total. The van der Waals surface area contributed by atoms with E-state index in [1.54, 1.807) is 12.4 Å². The minimum Gasteiger partial charge on any atom is -0.380 e. The molecule has 3 heterocycles. The molecule has 0 aromatic carbocycles. The number of hydrogen-bond acceptors (Lipinski definition) is 5. The van der Waals surface area contributed by atoms with Crippen molar-refractivity contribution in [3.63, 3.8) is 0 Å². The van der Waals surface area contributed by atoms with E-state index in [2.05, 4.69) is 24.4 Å². The van der Waals surface area contributed by atoms with Crippen molar-refractivity contribution in [1.82, 2.24) is 24.4 Å². The molecular weight excluding hydrogens is 266 g/mol. The highest BCUT2D eigenvalue weighted by atomic mass is 16.5. The fraction of sp³-hybridized carbons (Fsp3) is 0.533. The maximum absolute atomic E-state index is 5.74. The predicted octanol–water partition coefficient (Wildman–Crippen LogP) is 0.901. The zero-order valence-electron chi connectivity index (χ0n) is 12.4. The van der Waals surface area contributed by atoms with Gasteiger partial charge in [-0.1, -0.05) is 0 Å². The van der Waals surface area contributed by atoms with Gasteiger partial charge >= 0.3 is 0 Å². The topological polar surface area (TPSA) is 56.1 Å². The summed E-state index contributed by atoms with van der Waals surface area (Å²) in [4.78, 5) is 15.2. The molecular formula is C15H21N5O. The lowest BCUT2D eigenvalue weighted by Gasteiger charge is -2.22. The molecule has 0 bridgehead atoms. The Balaban J connectivity index is 1.62. The number of hydrogen-bond donors (Lipinski definition) is 0. The summed E-state index contributed by atoms with van der Waals surface area (Å²) < 4.78 is 7.81. The fourth-order valence-corrected chi connectivity index (χ4v) is 2.68. The van der Waals surface area contributed by atoms with Crippen LogP contribution in [-0.4, -0.2) is 50.7 Å². The smallest absolute Gasteiger partial charge is 0.128 e. The molecule has 2 aromatic rings. The van der Waals surface area contributed by atoms with E-state index in [0.717, 1.165) is 45.1 Å². The Kier molecular flexibility index (Phi) is 4.57. The number of ether oxygens (including phenoxy) is 1. The number of imidazole rings is 1. The minimum absolute atomic E-state index is 0.433. The highest BCUT2D eigenvalue weighted by molar-refractivity contribution is 4.98. The Morgan fingerprint density at radius 1 is 1.33 bits per heavy atom. The number of rotatable bonds is 4. The van der Waals surface area contributed by atoms with E-state index in [4.69, 9.17) is 4.74 Å². The highest BCUT2D eigenvalue weighted by Crippen LogP contribution is 2.13. The van der Waals surface area contributed by atoms with E-state index >= 15 is 0 Å². The second kappa shape index (κ2) is 6.78. The van der Waals surface area contributed by atoms with Gasteiger partial charge in [-0.25, -0.2) is 15.0 Å². The summed E-state index contributed by atoms with van der Waals surface area (Å²) in [5.41, 5.74) is 1.23. The summed E-state index contributed by atoms with van der Waals surface area (Å²) in [6.45, 7) is 4.43. The average Bonchev–Trinajstić information content (AvgIpc) is 2.76. The number of nitrogens with zero attached hydrogens (tertiary/aromatic N) is 5. The van der Waals surface area contributed by atoms with Gasteiger partial charge in [0, 0.05) is 57.6 Å². The molecule has 0 spiro atoms. The maximum Gasteiger partial charge on any atom is 0.128 e. The van der Waals surface area contributed by atoms with Gasteiger partial charge in [-0.2, -0.15) is 0 Å². The monoisotopic (exact) mass is 287 g/mol. The van der Waals surface area contributed by atoms with E-state index in [-0.39, 0.29) is 0 Å². The van der Waals surface area contributed by atoms with Gasteiger partial charge in [0.1, 0.15) is 5.82 Å². The molecule has 1 aliphatic heterocycles. The van der Waals surface area contributed by atoms with Crippen LogP contribution in [0.25, 0.3) is 0 Å². The lowest BCUT2D eigenvalue weighted by molar-refractivity contribution is 0.121. The van der Waals surface area contributed by atoms with Gasteiger partial charge in [0.2, 0.25) is 0 Å². The van der Waals surface area contributed by atoms with Crippen LogP contribution in [0.3, 0.4) is 0 Å². The number of aromatic nitrogens is 4. The molecule has 1 unspecified atom stereocenters. The van der Waals surface area contributed by atoms with E-state index in [9.17, 15) is 0 Å². The largest absolute Gasteiger partial charge is 0.380 e. The summed E-state index contributed by atoms with van der Waals surface area (Å²) in [6.07, 6.45) is 8.24. The van der Waals surface area contributed by atoms with E-state index in [0.29, 0.717) is 5.92 Å². The maximum atomic E-state index is 5.74. The fourth-order valence-electron chi connectivity index (χ4n) is 2.68. The quantitative estimate of drug-likeness (QED) is 0.836. The lowest BCUT2D eigenvalue weighted by atomic mass is 10.1. The van der Waals surface area contributed by atoms with Crippen LogP contribution in [0.1, 0.15) is 11.5 Å². The molecule has 1 aliphatic rings. The van der Waals surface area contributed by atoms with Crippen molar-refractivity contribution in [2.75, 3.05) is 26.3 Å². The first-order valence-corrected chi connectivity index (χ1v) is 7.32. The standard InChI is InChI=1S/C15H21N5O/c1-19-12-16-8-14(19)10-20-5-6-21-11-13(9-20)7-15-17-3-2-4-18-15/h2-4,8,12-13H,5-7,9-11H2,1H3. The molecule has 1 atom stereocenters. The van der Waals surface area contributed by atoms with Gasteiger partial charge < -0.3 is 9.30 Å². The summed E-state index contributed by atoms with van der Waals surface area (Å²) in [6, 6.07) is 1.85. The second-order valence-corrected chi connectivity index (χ2v) is 5.54. The molecule has 112 valence electrons. The third kappa shape index (κ3) is 3.86. The molecule has 21 heavy (non-hydrogen) atoms. The molecule has 0 aliphatic carbocycles. The van der Waals surface area contributed by atoms with Crippen LogP contribution in [0.15, 0.2) is 31.0 Å². The minimum atomic E-state index is 0.433. The Labute approximate surface area is 124 Å². The van der Waals surface area contributed by atoms with E-state index < -0.39 is 0 Å². The summed E-state index contributed by atoms with van der Waals surface area (Å²) in [5.74, 6) is 1.33.